The first-order chi connectivity index (χ1) is 10.5. The number of amides is 3. The number of imide groups is 1. The Morgan fingerprint density at radius 1 is 1.41 bits per heavy atom. The van der Waals surface area contributed by atoms with E-state index in [4.69, 9.17) is 0 Å². The maximum Gasteiger partial charge on any atom is 0.255 e. The molecule has 0 radical (unpaired) electrons. The van der Waals surface area contributed by atoms with Gasteiger partial charge in [0.15, 0.2) is 0 Å². The third-order valence-corrected chi connectivity index (χ3v) is 4.10. The van der Waals surface area contributed by atoms with Gasteiger partial charge in [0.05, 0.1) is 0 Å². The van der Waals surface area contributed by atoms with Crippen LogP contribution in [0.4, 0.5) is 0 Å². The zero-order chi connectivity index (χ0) is 16.3. The monoisotopic (exact) mass is 302 g/mol. The number of benzene rings is 1. The van der Waals surface area contributed by atoms with Crippen molar-refractivity contribution >= 4 is 18.2 Å². The van der Waals surface area contributed by atoms with Gasteiger partial charge in [0, 0.05) is 12.1 Å². The minimum Gasteiger partial charge on any atom is -0.322 e. The second kappa shape index (κ2) is 6.73. The number of carbonyl (C=O) groups is 3. The molecule has 1 heterocycles. The molecule has 2 rings (SSSR count). The Morgan fingerprint density at radius 3 is 2.73 bits per heavy atom. The van der Waals surface area contributed by atoms with Gasteiger partial charge in [0.25, 0.3) is 5.91 Å². The van der Waals surface area contributed by atoms with Crippen molar-refractivity contribution in [3.8, 4) is 0 Å². The van der Waals surface area contributed by atoms with Crippen LogP contribution >= 0.6 is 0 Å². The molecule has 1 aliphatic heterocycles. The van der Waals surface area contributed by atoms with Crippen molar-refractivity contribution in [3.05, 3.63) is 34.9 Å². The van der Waals surface area contributed by atoms with Crippen molar-refractivity contribution in [2.75, 3.05) is 0 Å². The lowest BCUT2D eigenvalue weighted by molar-refractivity contribution is -0.129. The number of hydrogen-bond donors (Lipinski definition) is 1. The molecule has 0 spiro atoms. The molecule has 5 nitrogen and oxygen atoms in total. The molecular weight excluding hydrogens is 280 g/mol. The van der Waals surface area contributed by atoms with Crippen molar-refractivity contribution in [2.45, 2.75) is 52.1 Å². The number of nitrogens with one attached hydrogen (secondary N) is 1. The highest BCUT2D eigenvalue weighted by Gasteiger charge is 2.36. The van der Waals surface area contributed by atoms with Crippen LogP contribution in [0.5, 0.6) is 0 Å². The average Bonchev–Trinajstić information content (AvgIpc) is 2.82. The van der Waals surface area contributed by atoms with Gasteiger partial charge in [0.1, 0.15) is 6.04 Å². The van der Waals surface area contributed by atoms with Crippen molar-refractivity contribution < 1.29 is 14.4 Å². The topological polar surface area (TPSA) is 66.5 Å². The highest BCUT2D eigenvalue weighted by molar-refractivity contribution is 6.02. The van der Waals surface area contributed by atoms with Crippen molar-refractivity contribution in [3.63, 3.8) is 0 Å². The molecule has 1 unspecified atom stereocenters. The van der Waals surface area contributed by atoms with E-state index in [0.29, 0.717) is 30.9 Å². The van der Waals surface area contributed by atoms with Gasteiger partial charge in [0.2, 0.25) is 12.3 Å². The largest absolute Gasteiger partial charge is 0.322 e. The van der Waals surface area contributed by atoms with Crippen LogP contribution in [0.2, 0.25) is 0 Å². The zero-order valence-corrected chi connectivity index (χ0v) is 13.3. The van der Waals surface area contributed by atoms with Crippen molar-refractivity contribution in [1.82, 2.24) is 10.2 Å². The summed E-state index contributed by atoms with van der Waals surface area (Å²) >= 11 is 0. The summed E-state index contributed by atoms with van der Waals surface area (Å²) in [6, 6.07) is 5.12. The molecule has 3 amide bonds. The first kappa shape index (κ1) is 16.2. The van der Waals surface area contributed by atoms with Gasteiger partial charge in [-0.3, -0.25) is 19.7 Å². The summed E-state index contributed by atoms with van der Waals surface area (Å²) in [5, 5.41) is 2.18. The fourth-order valence-electron chi connectivity index (χ4n) is 3.03. The van der Waals surface area contributed by atoms with Crippen molar-refractivity contribution in [2.24, 2.45) is 0 Å². The number of hydrogen-bond acceptors (Lipinski definition) is 3. The molecule has 0 aliphatic carbocycles. The summed E-state index contributed by atoms with van der Waals surface area (Å²) in [6.07, 6.45) is 1.67. The van der Waals surface area contributed by atoms with Crippen LogP contribution in [0.15, 0.2) is 18.2 Å². The van der Waals surface area contributed by atoms with Gasteiger partial charge in [-0.25, -0.2) is 0 Å². The fraction of sp³-hybridized carbons (Fsp3) is 0.471. The maximum atomic E-state index is 12.7. The lowest BCUT2D eigenvalue weighted by Crippen LogP contribution is -2.46. The highest BCUT2D eigenvalue weighted by Crippen LogP contribution is 2.32. The molecule has 1 aliphatic rings. The van der Waals surface area contributed by atoms with Crippen molar-refractivity contribution in [1.29, 1.82) is 0 Å². The number of nitrogens with zero attached hydrogens (tertiary/aromatic N) is 1. The van der Waals surface area contributed by atoms with E-state index in [2.05, 4.69) is 19.2 Å². The average molecular weight is 302 g/mol. The molecular formula is C17H22N2O3. The van der Waals surface area contributed by atoms with Crippen LogP contribution in [0.25, 0.3) is 0 Å². The predicted octanol–water partition coefficient (Wildman–Crippen LogP) is 2.21. The molecule has 22 heavy (non-hydrogen) atoms. The van der Waals surface area contributed by atoms with Crippen LogP contribution in [0, 0.1) is 0 Å². The third kappa shape index (κ3) is 2.89. The van der Waals surface area contributed by atoms with Crippen LogP contribution in [0.1, 0.15) is 61.0 Å². The summed E-state index contributed by atoms with van der Waals surface area (Å²) in [6.45, 7) is 6.56. The van der Waals surface area contributed by atoms with E-state index in [9.17, 15) is 14.4 Å². The van der Waals surface area contributed by atoms with E-state index < -0.39 is 11.9 Å². The molecule has 118 valence electrons. The zero-order valence-electron chi connectivity index (χ0n) is 13.3. The van der Waals surface area contributed by atoms with Crippen LogP contribution < -0.4 is 5.32 Å². The van der Waals surface area contributed by atoms with E-state index in [0.717, 1.165) is 17.5 Å². The predicted molar refractivity (Wildman–Crippen MR) is 83.3 cm³/mol. The summed E-state index contributed by atoms with van der Waals surface area (Å²) < 4.78 is 0. The van der Waals surface area contributed by atoms with E-state index in [-0.39, 0.29) is 5.91 Å². The standard InChI is InChI=1S/C17H22N2O3/c1-4-6-15(16(21)18-10-20)19-9-14-12(11(2)3)7-5-8-13(14)17(19)22/h5,7-8,10-11,15H,4,6,9H2,1-3H3,(H,18,20,21). The van der Waals surface area contributed by atoms with Crippen LogP contribution in [-0.4, -0.2) is 29.2 Å². The molecule has 0 bridgehead atoms. The van der Waals surface area contributed by atoms with E-state index in [1.165, 1.54) is 0 Å². The number of carbonyl (C=O) groups excluding carboxylic acids is 3. The van der Waals surface area contributed by atoms with Crippen LogP contribution in [-0.2, 0) is 16.1 Å². The Balaban J connectivity index is 2.35. The normalized spacial score (nSPS) is 14.9. The summed E-state index contributed by atoms with van der Waals surface area (Å²) in [7, 11) is 0. The van der Waals surface area contributed by atoms with E-state index in [1.807, 2.05) is 25.1 Å². The van der Waals surface area contributed by atoms with Gasteiger partial charge in [-0.15, -0.1) is 0 Å². The Morgan fingerprint density at radius 2 is 2.14 bits per heavy atom. The van der Waals surface area contributed by atoms with Gasteiger partial charge < -0.3 is 4.90 Å². The minimum atomic E-state index is -0.602. The Hall–Kier alpha value is -2.17. The molecule has 1 atom stereocenters. The molecule has 0 saturated heterocycles. The van der Waals surface area contributed by atoms with E-state index >= 15 is 0 Å². The second-order valence-electron chi connectivity index (χ2n) is 5.89. The summed E-state index contributed by atoms with van der Waals surface area (Å²) in [5.74, 6) is -0.225. The summed E-state index contributed by atoms with van der Waals surface area (Å²) in [4.78, 5) is 36.9. The molecule has 5 heteroatoms. The molecule has 0 aromatic heterocycles. The minimum absolute atomic E-state index is 0.128. The maximum absolute atomic E-state index is 12.7. The summed E-state index contributed by atoms with van der Waals surface area (Å²) in [5.41, 5.74) is 2.81. The van der Waals surface area contributed by atoms with Gasteiger partial charge >= 0.3 is 0 Å². The molecule has 0 fully saturated rings. The molecule has 1 aromatic rings. The Kier molecular flexibility index (Phi) is 4.96. The lowest BCUT2D eigenvalue weighted by atomic mass is 9.95. The third-order valence-electron chi connectivity index (χ3n) is 4.10. The smallest absolute Gasteiger partial charge is 0.255 e. The number of fused-ring (bicyclic) bond motifs is 1. The van der Waals surface area contributed by atoms with Gasteiger partial charge in [-0.05, 0) is 29.5 Å². The Bertz CT molecular complexity index is 596. The lowest BCUT2D eigenvalue weighted by Gasteiger charge is -2.25. The van der Waals surface area contributed by atoms with E-state index in [1.54, 1.807) is 4.90 Å². The first-order valence-corrected chi connectivity index (χ1v) is 7.68. The number of rotatable bonds is 6. The Labute approximate surface area is 130 Å². The van der Waals surface area contributed by atoms with Gasteiger partial charge in [-0.2, -0.15) is 0 Å². The second-order valence-corrected chi connectivity index (χ2v) is 5.89. The highest BCUT2D eigenvalue weighted by atomic mass is 16.2. The van der Waals surface area contributed by atoms with Gasteiger partial charge in [-0.1, -0.05) is 39.3 Å². The van der Waals surface area contributed by atoms with Crippen LogP contribution in [0.3, 0.4) is 0 Å². The fourth-order valence-corrected chi connectivity index (χ4v) is 3.03. The SMILES string of the molecule is CCCC(C(=O)NC=O)N1Cc2c(cccc2C(C)C)C1=O. The molecule has 1 aromatic carbocycles. The molecule has 1 N–H and O–H groups in total. The molecule has 0 saturated carbocycles. The quantitative estimate of drug-likeness (QED) is 0.819. The first-order valence-electron chi connectivity index (χ1n) is 7.68.